The Morgan fingerprint density at radius 1 is 0.833 bits per heavy atom. The van der Waals surface area contributed by atoms with Crippen LogP contribution in [0.5, 0.6) is 0 Å². The monoisotopic (exact) mass is 274 g/mol. The van der Waals surface area contributed by atoms with Gasteiger partial charge in [0.1, 0.15) is 0 Å². The molecule has 0 amide bonds. The van der Waals surface area contributed by atoms with Crippen molar-refractivity contribution in [1.82, 2.24) is 0 Å². The number of hydrogen-bond acceptors (Lipinski definition) is 1. The van der Waals surface area contributed by atoms with Crippen molar-refractivity contribution < 1.29 is 5.11 Å². The fourth-order valence-electron chi connectivity index (χ4n) is 0.0825. The molecule has 0 bridgehead atoms. The molecular weight excluding hydrogens is 265 g/mol. The van der Waals surface area contributed by atoms with Gasteiger partial charge in [0, 0.05) is 23.5 Å². The van der Waals surface area contributed by atoms with Crippen LogP contribution in [-0.4, -0.2) is 40.1 Å². The SMILES string of the molecule is ClCC(Cl)CCl.OC(CCl)CCl. The van der Waals surface area contributed by atoms with Crippen molar-refractivity contribution in [3.8, 4) is 0 Å². The predicted octanol–water partition coefficient (Wildman–Crippen LogP) is 2.90. The van der Waals surface area contributed by atoms with Gasteiger partial charge in [-0.2, -0.15) is 0 Å². The van der Waals surface area contributed by atoms with Crippen LogP contribution in [0.1, 0.15) is 0 Å². The molecule has 0 aliphatic carbocycles. The maximum Gasteiger partial charge on any atom is 0.0810 e. The van der Waals surface area contributed by atoms with Crippen molar-refractivity contribution in [1.29, 1.82) is 0 Å². The van der Waals surface area contributed by atoms with Gasteiger partial charge in [0.05, 0.1) is 11.5 Å². The minimum atomic E-state index is -0.534. The molecule has 0 aromatic carbocycles. The lowest BCUT2D eigenvalue weighted by Gasteiger charge is -1.94. The molecule has 1 N–H and O–H groups in total. The molecule has 6 heteroatoms. The van der Waals surface area contributed by atoms with E-state index in [9.17, 15) is 0 Å². The fourth-order valence-corrected chi connectivity index (χ4v) is 0.742. The van der Waals surface area contributed by atoms with Gasteiger partial charge < -0.3 is 5.11 Å². The zero-order valence-electron chi connectivity index (χ0n) is 6.32. The van der Waals surface area contributed by atoms with Crippen LogP contribution in [0.2, 0.25) is 0 Å². The summed E-state index contributed by atoms with van der Waals surface area (Å²) >= 11 is 26.1. The Hall–Kier alpha value is 1.41. The molecule has 0 fully saturated rings. The minimum Gasteiger partial charge on any atom is -0.391 e. The third-order valence-electron chi connectivity index (χ3n) is 0.691. The number of aliphatic hydroxyl groups excluding tert-OH is 1. The van der Waals surface area contributed by atoms with E-state index in [0.29, 0.717) is 11.8 Å². The quantitative estimate of drug-likeness (QED) is 0.783. The van der Waals surface area contributed by atoms with Crippen molar-refractivity contribution in [3.05, 3.63) is 0 Å². The van der Waals surface area contributed by atoms with Crippen LogP contribution in [0.3, 0.4) is 0 Å². The molecule has 0 aromatic rings. The van der Waals surface area contributed by atoms with Crippen molar-refractivity contribution in [2.75, 3.05) is 23.5 Å². The highest BCUT2D eigenvalue weighted by molar-refractivity contribution is 6.32. The second kappa shape index (κ2) is 12.4. The molecule has 0 rings (SSSR count). The Morgan fingerprint density at radius 3 is 1.17 bits per heavy atom. The fraction of sp³-hybridized carbons (Fsp3) is 1.00. The lowest BCUT2D eigenvalue weighted by molar-refractivity contribution is 0.222. The number of rotatable bonds is 4. The average molecular weight is 276 g/mol. The van der Waals surface area contributed by atoms with Crippen LogP contribution in [-0.2, 0) is 0 Å². The van der Waals surface area contributed by atoms with Crippen LogP contribution in [0, 0.1) is 0 Å². The average Bonchev–Trinajstić information content (AvgIpc) is 2.16. The number of halogens is 5. The lowest BCUT2D eigenvalue weighted by Crippen LogP contribution is -2.08. The summed E-state index contributed by atoms with van der Waals surface area (Å²) in [5.74, 6) is 1.32. The Kier molecular flexibility index (Phi) is 16.4. The highest BCUT2D eigenvalue weighted by Gasteiger charge is 1.95. The third-order valence-corrected chi connectivity index (χ3v) is 2.77. The van der Waals surface area contributed by atoms with Gasteiger partial charge in [0.15, 0.2) is 0 Å². The second-order valence-corrected chi connectivity index (χ2v) is 3.72. The Morgan fingerprint density at radius 2 is 1.17 bits per heavy atom. The summed E-state index contributed by atoms with van der Waals surface area (Å²) in [7, 11) is 0. The molecule has 0 heterocycles. The maximum absolute atomic E-state index is 8.40. The highest BCUT2D eigenvalue weighted by Crippen LogP contribution is 1.99. The van der Waals surface area contributed by atoms with E-state index in [2.05, 4.69) is 0 Å². The summed E-state index contributed by atoms with van der Waals surface area (Å²) in [5, 5.41) is 8.34. The summed E-state index contributed by atoms with van der Waals surface area (Å²) in [4.78, 5) is 0. The molecule has 0 aliphatic rings. The molecule has 1 nitrogen and oxygen atoms in total. The first kappa shape index (κ1) is 15.9. The van der Waals surface area contributed by atoms with E-state index in [1.165, 1.54) is 0 Å². The van der Waals surface area contributed by atoms with E-state index in [1.807, 2.05) is 0 Å². The summed E-state index contributed by atoms with van der Waals surface area (Å²) < 4.78 is 0. The van der Waals surface area contributed by atoms with Gasteiger partial charge in [-0.3, -0.25) is 0 Å². The number of aliphatic hydroxyl groups is 1. The maximum atomic E-state index is 8.40. The Labute approximate surface area is 97.9 Å². The zero-order valence-corrected chi connectivity index (χ0v) is 10.1. The number of alkyl halides is 5. The van der Waals surface area contributed by atoms with Crippen molar-refractivity contribution in [2.24, 2.45) is 0 Å². The van der Waals surface area contributed by atoms with Crippen molar-refractivity contribution in [2.45, 2.75) is 11.5 Å². The molecule has 12 heavy (non-hydrogen) atoms. The van der Waals surface area contributed by atoms with E-state index in [0.717, 1.165) is 0 Å². The van der Waals surface area contributed by atoms with Crippen molar-refractivity contribution in [3.63, 3.8) is 0 Å². The van der Waals surface area contributed by atoms with Crippen LogP contribution in [0.15, 0.2) is 0 Å². The lowest BCUT2D eigenvalue weighted by atomic mass is 10.5. The molecule has 0 unspecified atom stereocenters. The molecular formula is C6H11Cl5O. The smallest absolute Gasteiger partial charge is 0.0810 e. The van der Waals surface area contributed by atoms with E-state index in [-0.39, 0.29) is 17.1 Å². The molecule has 0 atom stereocenters. The van der Waals surface area contributed by atoms with Gasteiger partial charge in [-0.25, -0.2) is 0 Å². The van der Waals surface area contributed by atoms with Crippen LogP contribution in [0.4, 0.5) is 0 Å². The van der Waals surface area contributed by atoms with E-state index < -0.39 is 6.10 Å². The third kappa shape index (κ3) is 14.0. The minimum absolute atomic E-state index is 0.0617. The van der Waals surface area contributed by atoms with E-state index in [4.69, 9.17) is 63.1 Å². The van der Waals surface area contributed by atoms with Gasteiger partial charge >= 0.3 is 0 Å². The molecule has 0 saturated heterocycles. The van der Waals surface area contributed by atoms with Crippen LogP contribution >= 0.6 is 58.0 Å². The van der Waals surface area contributed by atoms with Gasteiger partial charge in [0.25, 0.3) is 0 Å². The molecule has 0 saturated carbocycles. The van der Waals surface area contributed by atoms with Crippen molar-refractivity contribution >= 4 is 58.0 Å². The van der Waals surface area contributed by atoms with Crippen LogP contribution in [0.25, 0.3) is 0 Å². The summed E-state index contributed by atoms with van der Waals surface area (Å²) in [6.07, 6.45) is -0.534. The van der Waals surface area contributed by atoms with Gasteiger partial charge in [-0.05, 0) is 0 Å². The summed E-state index contributed by atoms with van der Waals surface area (Å²) in [6, 6.07) is 0. The first-order valence-corrected chi connectivity index (χ1v) is 5.75. The predicted molar refractivity (Wildman–Crippen MR) is 58.5 cm³/mol. The summed E-state index contributed by atoms with van der Waals surface area (Å²) in [6.45, 7) is 0. The Bertz CT molecular complexity index is 64.3. The summed E-state index contributed by atoms with van der Waals surface area (Å²) in [5.41, 5.74) is 0. The first-order chi connectivity index (χ1) is 5.62. The largest absolute Gasteiger partial charge is 0.391 e. The number of hydrogen-bond donors (Lipinski definition) is 1. The zero-order chi connectivity index (χ0) is 9.98. The molecule has 0 aromatic heterocycles. The second-order valence-electron chi connectivity index (χ2n) is 1.87. The molecule has 0 aliphatic heterocycles. The van der Waals surface area contributed by atoms with Gasteiger partial charge in [-0.15, -0.1) is 58.0 Å². The highest BCUT2D eigenvalue weighted by atomic mass is 35.5. The van der Waals surface area contributed by atoms with E-state index >= 15 is 0 Å². The standard InChI is InChI=1S/C3H5Cl3.C3H6Cl2O/c2*4-1-3(6)2-5/h3H,1-2H2;3,6H,1-2H2. The molecule has 0 spiro atoms. The van der Waals surface area contributed by atoms with E-state index in [1.54, 1.807) is 0 Å². The topological polar surface area (TPSA) is 20.2 Å². The molecule has 0 radical (unpaired) electrons. The Balaban J connectivity index is 0. The molecule has 76 valence electrons. The van der Waals surface area contributed by atoms with Gasteiger partial charge in [-0.1, -0.05) is 0 Å². The van der Waals surface area contributed by atoms with Crippen LogP contribution < -0.4 is 0 Å². The normalized spacial score (nSPS) is 10.0. The first-order valence-electron chi connectivity index (χ1n) is 3.18. The van der Waals surface area contributed by atoms with Gasteiger partial charge in [0.2, 0.25) is 0 Å².